The van der Waals surface area contributed by atoms with Gasteiger partial charge in [0.15, 0.2) is 0 Å². The Hall–Kier alpha value is -1.14. The van der Waals surface area contributed by atoms with E-state index in [4.69, 9.17) is 5.11 Å². The molecule has 0 bridgehead atoms. The van der Waals surface area contributed by atoms with Crippen LogP contribution < -0.4 is 10.6 Å². The molecule has 0 radical (unpaired) electrons. The lowest BCUT2D eigenvalue weighted by molar-refractivity contribution is -0.124. The topological polar surface area (TPSA) is 81.7 Å². The van der Waals surface area contributed by atoms with Gasteiger partial charge >= 0.3 is 6.03 Å². The third-order valence-electron chi connectivity index (χ3n) is 2.51. The molecule has 3 amide bonds. The summed E-state index contributed by atoms with van der Waals surface area (Å²) in [7, 11) is 0. The molecule has 0 fully saturated rings. The number of rotatable bonds is 7. The Morgan fingerprint density at radius 1 is 1.35 bits per heavy atom. The summed E-state index contributed by atoms with van der Waals surface area (Å²) in [5.74, 6) is -0.323. The van der Waals surface area contributed by atoms with Crippen molar-refractivity contribution < 1.29 is 14.7 Å². The number of hydrogen-bond acceptors (Lipinski definition) is 4. The number of hydrogen-bond donors (Lipinski definition) is 3. The van der Waals surface area contributed by atoms with Gasteiger partial charge in [0, 0.05) is 19.7 Å². The smallest absolute Gasteiger partial charge is 0.321 e. The molecule has 0 saturated carbocycles. The second-order valence-electron chi connectivity index (χ2n) is 3.73. The second kappa shape index (κ2) is 8.95. The zero-order chi connectivity index (χ0) is 13.3. The fraction of sp³-hybridized carbons (Fsp3) is 0.818. The van der Waals surface area contributed by atoms with Crippen molar-refractivity contribution in [2.24, 2.45) is 0 Å². The van der Waals surface area contributed by atoms with E-state index in [-0.39, 0.29) is 18.6 Å². The van der Waals surface area contributed by atoms with E-state index in [2.05, 4.69) is 10.6 Å². The van der Waals surface area contributed by atoms with Gasteiger partial charge in [0.1, 0.15) is 0 Å². The SMILES string of the molecule is CCNC(=O)NC(=O)C(C)N(CC)CCCO. The van der Waals surface area contributed by atoms with E-state index in [9.17, 15) is 9.59 Å². The number of carbonyl (C=O) groups is 2. The summed E-state index contributed by atoms with van der Waals surface area (Å²) in [4.78, 5) is 24.8. The second-order valence-corrected chi connectivity index (χ2v) is 3.73. The molecule has 0 heterocycles. The summed E-state index contributed by atoms with van der Waals surface area (Å²) in [5.41, 5.74) is 0. The number of imide groups is 1. The highest BCUT2D eigenvalue weighted by atomic mass is 16.3. The molecule has 0 rings (SSSR count). The third-order valence-corrected chi connectivity index (χ3v) is 2.51. The minimum absolute atomic E-state index is 0.0984. The van der Waals surface area contributed by atoms with Crippen LogP contribution in [0.15, 0.2) is 0 Å². The van der Waals surface area contributed by atoms with Gasteiger partial charge in [-0.1, -0.05) is 6.92 Å². The molecule has 3 N–H and O–H groups in total. The van der Waals surface area contributed by atoms with Gasteiger partial charge in [-0.25, -0.2) is 4.79 Å². The maximum absolute atomic E-state index is 11.7. The first-order valence-corrected chi connectivity index (χ1v) is 6.00. The van der Waals surface area contributed by atoms with Crippen LogP contribution >= 0.6 is 0 Å². The zero-order valence-electron chi connectivity index (χ0n) is 10.8. The molecule has 100 valence electrons. The minimum atomic E-state index is -0.470. The summed E-state index contributed by atoms with van der Waals surface area (Å²) >= 11 is 0. The van der Waals surface area contributed by atoms with Crippen LogP contribution in [0, 0.1) is 0 Å². The van der Waals surface area contributed by atoms with Crippen LogP contribution in [-0.2, 0) is 4.79 Å². The predicted molar refractivity (Wildman–Crippen MR) is 65.6 cm³/mol. The first-order valence-electron chi connectivity index (χ1n) is 6.00. The van der Waals surface area contributed by atoms with Gasteiger partial charge in [-0.15, -0.1) is 0 Å². The van der Waals surface area contributed by atoms with Crippen molar-refractivity contribution in [3.8, 4) is 0 Å². The van der Waals surface area contributed by atoms with Crippen LogP contribution in [0.1, 0.15) is 27.2 Å². The Balaban J connectivity index is 4.20. The van der Waals surface area contributed by atoms with Crippen LogP contribution in [0.2, 0.25) is 0 Å². The Morgan fingerprint density at radius 2 is 2.00 bits per heavy atom. The van der Waals surface area contributed by atoms with Crippen molar-refractivity contribution in [1.82, 2.24) is 15.5 Å². The van der Waals surface area contributed by atoms with Crippen molar-refractivity contribution in [3.63, 3.8) is 0 Å². The largest absolute Gasteiger partial charge is 0.396 e. The van der Waals surface area contributed by atoms with Crippen molar-refractivity contribution in [2.45, 2.75) is 33.2 Å². The number of aliphatic hydroxyl groups excluding tert-OH is 1. The van der Waals surface area contributed by atoms with Crippen molar-refractivity contribution in [1.29, 1.82) is 0 Å². The maximum Gasteiger partial charge on any atom is 0.321 e. The zero-order valence-corrected chi connectivity index (χ0v) is 10.8. The van der Waals surface area contributed by atoms with Gasteiger partial charge < -0.3 is 10.4 Å². The molecule has 0 spiro atoms. The van der Waals surface area contributed by atoms with Crippen molar-refractivity contribution in [3.05, 3.63) is 0 Å². The first-order chi connectivity index (χ1) is 8.06. The molecule has 6 nitrogen and oxygen atoms in total. The van der Waals surface area contributed by atoms with Crippen molar-refractivity contribution >= 4 is 11.9 Å². The fourth-order valence-corrected chi connectivity index (χ4v) is 1.49. The van der Waals surface area contributed by atoms with Crippen LogP contribution in [0.25, 0.3) is 0 Å². The molecule has 0 aromatic carbocycles. The van der Waals surface area contributed by atoms with Gasteiger partial charge in [0.05, 0.1) is 6.04 Å². The van der Waals surface area contributed by atoms with E-state index in [1.807, 2.05) is 11.8 Å². The molecule has 0 aliphatic rings. The Labute approximate surface area is 102 Å². The van der Waals surface area contributed by atoms with Gasteiger partial charge in [-0.05, 0) is 26.8 Å². The summed E-state index contributed by atoms with van der Waals surface area (Å²) in [6, 6.07) is -0.850. The molecule has 17 heavy (non-hydrogen) atoms. The van der Waals surface area contributed by atoms with Crippen LogP contribution in [-0.4, -0.2) is 54.2 Å². The highest BCUT2D eigenvalue weighted by Crippen LogP contribution is 2.00. The number of urea groups is 1. The quantitative estimate of drug-likeness (QED) is 0.586. The van der Waals surface area contributed by atoms with Gasteiger partial charge in [0.2, 0.25) is 5.91 Å². The highest BCUT2D eigenvalue weighted by molar-refractivity contribution is 5.96. The van der Waals surface area contributed by atoms with Crippen LogP contribution in [0.4, 0.5) is 4.79 Å². The normalized spacial score (nSPS) is 12.3. The van der Waals surface area contributed by atoms with Crippen LogP contribution in [0.5, 0.6) is 0 Å². The average Bonchev–Trinajstić information content (AvgIpc) is 2.29. The third kappa shape index (κ3) is 6.23. The molecular formula is C11H23N3O3. The molecule has 0 aliphatic carbocycles. The number of amides is 3. The average molecular weight is 245 g/mol. The Kier molecular flexibility index (Phi) is 8.35. The lowest BCUT2D eigenvalue weighted by Crippen LogP contribution is -2.49. The molecule has 1 atom stereocenters. The maximum atomic E-state index is 11.7. The van der Waals surface area contributed by atoms with Crippen molar-refractivity contribution in [2.75, 3.05) is 26.2 Å². The molecule has 0 aliphatic heterocycles. The molecule has 0 aromatic heterocycles. The lowest BCUT2D eigenvalue weighted by Gasteiger charge is -2.26. The van der Waals surface area contributed by atoms with E-state index in [1.54, 1.807) is 13.8 Å². The predicted octanol–water partition coefficient (Wildman–Crippen LogP) is -0.0751. The van der Waals surface area contributed by atoms with E-state index in [0.717, 1.165) is 0 Å². The molecule has 6 heteroatoms. The monoisotopic (exact) mass is 245 g/mol. The number of aliphatic hydroxyl groups is 1. The number of carbonyl (C=O) groups excluding carboxylic acids is 2. The molecule has 1 unspecified atom stereocenters. The summed E-state index contributed by atoms with van der Waals surface area (Å²) in [6.45, 7) is 7.38. The molecule has 0 saturated heterocycles. The summed E-state index contributed by atoms with van der Waals surface area (Å²) < 4.78 is 0. The number of nitrogens with zero attached hydrogens (tertiary/aromatic N) is 1. The molecular weight excluding hydrogens is 222 g/mol. The number of nitrogens with one attached hydrogen (secondary N) is 2. The van der Waals surface area contributed by atoms with Gasteiger partial charge in [0.25, 0.3) is 0 Å². The number of likely N-dealkylation sites (N-methyl/N-ethyl adjacent to an activating group) is 1. The van der Waals surface area contributed by atoms with E-state index >= 15 is 0 Å². The van der Waals surface area contributed by atoms with Gasteiger partial charge in [-0.3, -0.25) is 15.0 Å². The summed E-state index contributed by atoms with van der Waals surface area (Å²) in [5, 5.41) is 13.5. The first kappa shape index (κ1) is 15.9. The Bertz CT molecular complexity index is 246. The standard InChI is InChI=1S/C11H23N3O3/c1-4-12-11(17)13-10(16)9(3)14(5-2)7-6-8-15/h9,15H,4-8H2,1-3H3,(H2,12,13,16,17). The lowest BCUT2D eigenvalue weighted by atomic mass is 10.2. The van der Waals surface area contributed by atoms with E-state index in [0.29, 0.717) is 26.1 Å². The van der Waals surface area contributed by atoms with E-state index < -0.39 is 6.03 Å². The Morgan fingerprint density at radius 3 is 2.47 bits per heavy atom. The van der Waals surface area contributed by atoms with Crippen LogP contribution in [0.3, 0.4) is 0 Å². The fourth-order valence-electron chi connectivity index (χ4n) is 1.49. The van der Waals surface area contributed by atoms with Gasteiger partial charge in [-0.2, -0.15) is 0 Å². The van der Waals surface area contributed by atoms with E-state index in [1.165, 1.54) is 0 Å². The minimum Gasteiger partial charge on any atom is -0.396 e. The summed E-state index contributed by atoms with van der Waals surface area (Å²) in [6.07, 6.45) is 0.618. The molecule has 0 aromatic rings. The highest BCUT2D eigenvalue weighted by Gasteiger charge is 2.20.